The van der Waals surface area contributed by atoms with Crippen LogP contribution in [0.1, 0.15) is 35.3 Å². The molecule has 0 atom stereocenters. The Hall–Kier alpha value is -3.70. The molecule has 164 valence electrons. The second-order valence-electron chi connectivity index (χ2n) is 8.30. The second kappa shape index (κ2) is 8.81. The van der Waals surface area contributed by atoms with Crippen LogP contribution in [0.3, 0.4) is 0 Å². The van der Waals surface area contributed by atoms with E-state index in [0.29, 0.717) is 41.6 Å². The smallest absolute Gasteiger partial charge is 0.280 e. The molecule has 3 heterocycles. The molecule has 1 aliphatic heterocycles. The zero-order chi connectivity index (χ0) is 22.8. The lowest BCUT2D eigenvalue weighted by atomic mass is 10.0. The molecule has 32 heavy (non-hydrogen) atoms. The molecule has 1 saturated heterocycles. The Morgan fingerprint density at radius 1 is 1.12 bits per heavy atom. The summed E-state index contributed by atoms with van der Waals surface area (Å²) in [6.07, 6.45) is 3.15. The summed E-state index contributed by atoms with van der Waals surface area (Å²) in [5.41, 5.74) is 2.92. The Morgan fingerprint density at radius 3 is 2.47 bits per heavy atom. The minimum atomic E-state index is -0.241. The Bertz CT molecular complexity index is 1220. The number of piperazine rings is 1. The first-order chi connectivity index (χ1) is 15.4. The number of aromatic nitrogens is 3. The highest BCUT2D eigenvalue weighted by Crippen LogP contribution is 2.21. The maximum absolute atomic E-state index is 13.0. The van der Waals surface area contributed by atoms with E-state index in [1.54, 1.807) is 36.5 Å². The van der Waals surface area contributed by atoms with Crippen LogP contribution >= 0.6 is 0 Å². The summed E-state index contributed by atoms with van der Waals surface area (Å²) in [4.78, 5) is 34.4. The molecule has 1 aliphatic rings. The molecular weight excluding hydrogens is 404 g/mol. The zero-order valence-electron chi connectivity index (χ0n) is 18.5. The lowest BCUT2D eigenvalue weighted by Crippen LogP contribution is -2.50. The van der Waals surface area contributed by atoms with Crippen molar-refractivity contribution < 1.29 is 4.79 Å². The van der Waals surface area contributed by atoms with Crippen LogP contribution in [0.5, 0.6) is 0 Å². The molecular formula is C24H26N6O2. The van der Waals surface area contributed by atoms with Gasteiger partial charge in [-0.3, -0.25) is 19.6 Å². The van der Waals surface area contributed by atoms with E-state index in [1.165, 1.54) is 10.9 Å². The lowest BCUT2D eigenvalue weighted by Gasteiger charge is -2.36. The summed E-state index contributed by atoms with van der Waals surface area (Å²) in [7, 11) is 0. The van der Waals surface area contributed by atoms with E-state index in [2.05, 4.69) is 34.9 Å². The minimum Gasteiger partial charge on any atom is -0.336 e. The van der Waals surface area contributed by atoms with Crippen molar-refractivity contribution in [3.05, 3.63) is 69.8 Å². The normalized spacial score (nSPS) is 14.5. The fourth-order valence-electron chi connectivity index (χ4n) is 4.04. The number of hydrogen-bond acceptors (Lipinski definition) is 5. The van der Waals surface area contributed by atoms with E-state index < -0.39 is 0 Å². The first-order valence-corrected chi connectivity index (χ1v) is 10.7. The van der Waals surface area contributed by atoms with E-state index in [-0.39, 0.29) is 11.5 Å². The third-order valence-corrected chi connectivity index (χ3v) is 5.97. The molecule has 4 rings (SSSR count). The van der Waals surface area contributed by atoms with Crippen molar-refractivity contribution in [1.82, 2.24) is 24.6 Å². The molecule has 1 fully saturated rings. The van der Waals surface area contributed by atoms with Gasteiger partial charge >= 0.3 is 0 Å². The average Bonchev–Trinajstić information content (AvgIpc) is 3.19. The van der Waals surface area contributed by atoms with Crippen molar-refractivity contribution in [3.8, 4) is 23.0 Å². The number of nitrogens with one attached hydrogen (secondary N) is 1. The van der Waals surface area contributed by atoms with Gasteiger partial charge in [0, 0.05) is 44.6 Å². The number of carbonyl (C=O) groups is 1. The van der Waals surface area contributed by atoms with Crippen molar-refractivity contribution in [2.75, 3.05) is 26.2 Å². The molecule has 2 aromatic heterocycles. The van der Waals surface area contributed by atoms with Crippen LogP contribution in [0.25, 0.3) is 16.9 Å². The van der Waals surface area contributed by atoms with Crippen molar-refractivity contribution in [2.45, 2.75) is 26.8 Å². The van der Waals surface area contributed by atoms with Gasteiger partial charge in [-0.25, -0.2) is 9.67 Å². The van der Waals surface area contributed by atoms with Gasteiger partial charge in [-0.15, -0.1) is 0 Å². The Labute approximate surface area is 186 Å². The number of nitrogens with zero attached hydrogens (tertiary/aromatic N) is 5. The molecule has 3 aromatic rings. The first kappa shape index (κ1) is 21.5. The number of rotatable bonds is 4. The van der Waals surface area contributed by atoms with Gasteiger partial charge in [0.2, 0.25) is 0 Å². The Morgan fingerprint density at radius 2 is 1.88 bits per heavy atom. The quantitative estimate of drug-likeness (QED) is 0.686. The molecule has 0 spiro atoms. The number of amides is 1. The van der Waals surface area contributed by atoms with Gasteiger partial charge in [-0.05, 0) is 56.2 Å². The SMILES string of the molecule is Cc1cc(C#N)ccc1-c1c[nH]n(-c2ccc(C(=O)N3CCN(C(C)C)CC3)cn2)c1=O. The summed E-state index contributed by atoms with van der Waals surface area (Å²) >= 11 is 0. The summed E-state index contributed by atoms with van der Waals surface area (Å²) < 4.78 is 1.35. The number of benzene rings is 1. The molecule has 0 unspecified atom stereocenters. The predicted octanol–water partition coefficient (Wildman–Crippen LogP) is 2.57. The standard InChI is InChI=1S/C24H26N6O2/c1-16(2)28-8-10-29(11-9-28)23(31)19-5-7-22(26-14-19)30-24(32)21(15-27-30)20-6-4-18(13-25)12-17(20)3/h4-7,12,14-16,27H,8-11H2,1-3H3. The molecule has 0 bridgehead atoms. The number of aryl methyl sites for hydroxylation is 1. The van der Waals surface area contributed by atoms with Crippen molar-refractivity contribution in [3.63, 3.8) is 0 Å². The topological polar surface area (TPSA) is 98.0 Å². The van der Waals surface area contributed by atoms with Crippen molar-refractivity contribution in [2.24, 2.45) is 0 Å². The third-order valence-electron chi connectivity index (χ3n) is 5.97. The van der Waals surface area contributed by atoms with E-state index in [1.807, 2.05) is 11.8 Å². The Kier molecular flexibility index (Phi) is 5.93. The van der Waals surface area contributed by atoms with Gasteiger partial charge in [0.1, 0.15) is 0 Å². The fraction of sp³-hybridized carbons (Fsp3) is 0.333. The van der Waals surface area contributed by atoms with Crippen LogP contribution in [0.2, 0.25) is 0 Å². The van der Waals surface area contributed by atoms with Gasteiger partial charge in [0.15, 0.2) is 5.82 Å². The molecule has 0 saturated carbocycles. The maximum atomic E-state index is 13.0. The molecule has 8 nitrogen and oxygen atoms in total. The van der Waals surface area contributed by atoms with Crippen LogP contribution in [-0.2, 0) is 0 Å². The molecule has 1 amide bonds. The number of nitriles is 1. The zero-order valence-corrected chi connectivity index (χ0v) is 18.5. The monoisotopic (exact) mass is 430 g/mol. The third kappa shape index (κ3) is 4.07. The first-order valence-electron chi connectivity index (χ1n) is 10.7. The highest BCUT2D eigenvalue weighted by Gasteiger charge is 2.23. The molecule has 1 N–H and O–H groups in total. The summed E-state index contributed by atoms with van der Waals surface area (Å²) in [5.74, 6) is 0.369. The van der Waals surface area contributed by atoms with Crippen LogP contribution in [0, 0.1) is 18.3 Å². The number of hydrogen-bond donors (Lipinski definition) is 1. The number of H-pyrrole nitrogens is 1. The van der Waals surface area contributed by atoms with E-state index in [0.717, 1.165) is 24.2 Å². The van der Waals surface area contributed by atoms with Gasteiger partial charge in [0.25, 0.3) is 11.5 Å². The van der Waals surface area contributed by atoms with Crippen LogP contribution < -0.4 is 5.56 Å². The van der Waals surface area contributed by atoms with Crippen LogP contribution in [0.4, 0.5) is 0 Å². The summed E-state index contributed by atoms with van der Waals surface area (Å²) in [6.45, 7) is 9.32. The van der Waals surface area contributed by atoms with Gasteiger partial charge in [-0.2, -0.15) is 5.26 Å². The molecule has 1 aromatic carbocycles. The highest BCUT2D eigenvalue weighted by molar-refractivity contribution is 5.94. The van der Waals surface area contributed by atoms with E-state index >= 15 is 0 Å². The van der Waals surface area contributed by atoms with Crippen LogP contribution in [0.15, 0.2) is 47.5 Å². The lowest BCUT2D eigenvalue weighted by molar-refractivity contribution is 0.0595. The predicted molar refractivity (Wildman–Crippen MR) is 122 cm³/mol. The van der Waals surface area contributed by atoms with Gasteiger partial charge in [0.05, 0.1) is 22.8 Å². The van der Waals surface area contributed by atoms with Crippen molar-refractivity contribution in [1.29, 1.82) is 5.26 Å². The highest BCUT2D eigenvalue weighted by atomic mass is 16.2. The minimum absolute atomic E-state index is 0.0415. The number of carbonyl (C=O) groups excluding carboxylic acids is 1. The maximum Gasteiger partial charge on any atom is 0.280 e. The second-order valence-corrected chi connectivity index (χ2v) is 8.30. The van der Waals surface area contributed by atoms with E-state index in [4.69, 9.17) is 5.26 Å². The van der Waals surface area contributed by atoms with Crippen LogP contribution in [-0.4, -0.2) is 62.7 Å². The van der Waals surface area contributed by atoms with Gasteiger partial charge < -0.3 is 4.90 Å². The summed E-state index contributed by atoms with van der Waals surface area (Å²) in [6, 6.07) is 11.2. The van der Waals surface area contributed by atoms with Gasteiger partial charge in [-0.1, -0.05) is 6.07 Å². The molecule has 0 aliphatic carbocycles. The number of pyridine rings is 1. The number of aromatic amines is 1. The van der Waals surface area contributed by atoms with E-state index in [9.17, 15) is 9.59 Å². The molecule has 8 heteroatoms. The average molecular weight is 431 g/mol. The molecule has 0 radical (unpaired) electrons. The largest absolute Gasteiger partial charge is 0.336 e. The van der Waals surface area contributed by atoms with Crippen molar-refractivity contribution >= 4 is 5.91 Å². The fourth-order valence-corrected chi connectivity index (χ4v) is 4.04. The Balaban J connectivity index is 1.52. The summed E-state index contributed by atoms with van der Waals surface area (Å²) in [5, 5.41) is 12.0.